The average Bonchev–Trinajstić information content (AvgIpc) is 3.34. The van der Waals surface area contributed by atoms with Gasteiger partial charge in [0.15, 0.2) is 5.78 Å². The van der Waals surface area contributed by atoms with Gasteiger partial charge < -0.3 is 5.32 Å². The maximum absolute atomic E-state index is 14.9. The van der Waals surface area contributed by atoms with Gasteiger partial charge >= 0.3 is 0 Å². The van der Waals surface area contributed by atoms with Crippen molar-refractivity contribution in [2.75, 3.05) is 18.9 Å². The number of aryl methyl sites for hydroxylation is 1. The van der Waals surface area contributed by atoms with Crippen LogP contribution in [0.3, 0.4) is 0 Å². The number of anilines is 1. The standard InChI is InChI=1S/C31H25IN2O2/c1-34-18-26(24-12-6-9-19-7-2-4-10-22(19)24)30(16-15-20-8-3-5-11-23(20)28(30)35)31(34)25-17-21(32)13-14-27(25)33-29(31)36/h2-14,17,26H,15-16,18H2,1H3,(H,33,36)/t26-,30+,31+/m0/s1. The Hall–Kier alpha value is -3.03. The highest BCUT2D eigenvalue weighted by Crippen LogP contribution is 2.66. The lowest BCUT2D eigenvalue weighted by Gasteiger charge is -2.48. The number of carbonyl (C=O) groups is 2. The van der Waals surface area contributed by atoms with Crippen molar-refractivity contribution < 1.29 is 9.59 Å². The molecule has 7 rings (SSSR count). The highest BCUT2D eigenvalue weighted by molar-refractivity contribution is 14.1. The van der Waals surface area contributed by atoms with Crippen LogP contribution < -0.4 is 5.32 Å². The van der Waals surface area contributed by atoms with Crippen LogP contribution in [0.2, 0.25) is 0 Å². The van der Waals surface area contributed by atoms with E-state index in [1.165, 1.54) is 0 Å². The maximum Gasteiger partial charge on any atom is 0.250 e. The van der Waals surface area contributed by atoms with E-state index in [9.17, 15) is 9.59 Å². The van der Waals surface area contributed by atoms with Crippen molar-refractivity contribution in [2.45, 2.75) is 24.3 Å². The van der Waals surface area contributed by atoms with Gasteiger partial charge in [-0.15, -0.1) is 0 Å². The van der Waals surface area contributed by atoms with E-state index >= 15 is 0 Å². The quantitative estimate of drug-likeness (QED) is 0.274. The summed E-state index contributed by atoms with van der Waals surface area (Å²) in [6.07, 6.45) is 1.39. The zero-order valence-electron chi connectivity index (χ0n) is 19.9. The molecule has 1 aliphatic carbocycles. The Bertz CT molecular complexity index is 1590. The number of hydrogen-bond acceptors (Lipinski definition) is 3. The molecule has 2 spiro atoms. The average molecular weight is 584 g/mol. The summed E-state index contributed by atoms with van der Waals surface area (Å²) in [6.45, 7) is 0.625. The molecule has 1 amide bonds. The highest BCUT2D eigenvalue weighted by atomic mass is 127. The molecule has 0 saturated carbocycles. The molecule has 0 bridgehead atoms. The van der Waals surface area contributed by atoms with Crippen LogP contribution in [0.1, 0.15) is 39.4 Å². The molecule has 0 unspecified atom stereocenters. The molecule has 2 heterocycles. The van der Waals surface area contributed by atoms with Gasteiger partial charge in [-0.1, -0.05) is 66.7 Å². The van der Waals surface area contributed by atoms with Crippen molar-refractivity contribution in [3.05, 3.63) is 111 Å². The number of amides is 1. The van der Waals surface area contributed by atoms with E-state index in [1.54, 1.807) is 0 Å². The van der Waals surface area contributed by atoms with Gasteiger partial charge in [0, 0.05) is 32.8 Å². The minimum absolute atomic E-state index is 0.0857. The van der Waals surface area contributed by atoms with Crippen LogP contribution in [0.4, 0.5) is 5.69 Å². The van der Waals surface area contributed by atoms with E-state index in [-0.39, 0.29) is 17.6 Å². The van der Waals surface area contributed by atoms with Crippen LogP contribution in [0.15, 0.2) is 84.9 Å². The minimum Gasteiger partial charge on any atom is -0.324 e. The monoisotopic (exact) mass is 584 g/mol. The molecule has 3 atom stereocenters. The summed E-state index contributed by atoms with van der Waals surface area (Å²) in [5.41, 5.74) is 2.73. The second kappa shape index (κ2) is 7.73. The maximum atomic E-state index is 14.9. The Morgan fingerprint density at radius 2 is 1.72 bits per heavy atom. The number of nitrogens with one attached hydrogen (secondary N) is 1. The molecule has 4 aromatic carbocycles. The van der Waals surface area contributed by atoms with Crippen LogP contribution in [0.25, 0.3) is 10.8 Å². The second-order valence-electron chi connectivity index (χ2n) is 10.3. The first kappa shape index (κ1) is 22.2. The number of likely N-dealkylation sites (tertiary alicyclic amines) is 1. The van der Waals surface area contributed by atoms with E-state index in [4.69, 9.17) is 0 Å². The van der Waals surface area contributed by atoms with Crippen molar-refractivity contribution >= 4 is 50.7 Å². The van der Waals surface area contributed by atoms with E-state index in [0.29, 0.717) is 13.0 Å². The summed E-state index contributed by atoms with van der Waals surface area (Å²) in [7, 11) is 2.02. The first-order chi connectivity index (χ1) is 17.5. The second-order valence-corrected chi connectivity index (χ2v) is 11.6. The molecule has 1 N–H and O–H groups in total. The van der Waals surface area contributed by atoms with Gasteiger partial charge in [-0.25, -0.2) is 0 Å². The number of fused-ring (bicyclic) bond motifs is 5. The first-order valence-electron chi connectivity index (χ1n) is 12.4. The summed E-state index contributed by atoms with van der Waals surface area (Å²) >= 11 is 2.31. The largest absolute Gasteiger partial charge is 0.324 e. The molecule has 4 nitrogen and oxygen atoms in total. The van der Waals surface area contributed by atoms with E-state index in [0.717, 1.165) is 48.7 Å². The molecule has 2 aliphatic heterocycles. The highest BCUT2D eigenvalue weighted by Gasteiger charge is 2.74. The number of benzene rings is 4. The Morgan fingerprint density at radius 3 is 2.61 bits per heavy atom. The van der Waals surface area contributed by atoms with Gasteiger partial charge in [0.05, 0.1) is 5.41 Å². The molecular formula is C31H25IN2O2. The van der Waals surface area contributed by atoms with E-state index < -0.39 is 11.0 Å². The van der Waals surface area contributed by atoms with Crippen LogP contribution in [0, 0.1) is 8.99 Å². The Balaban J connectivity index is 1.58. The van der Waals surface area contributed by atoms with Gasteiger partial charge in [-0.3, -0.25) is 14.5 Å². The lowest BCUT2D eigenvalue weighted by Crippen LogP contribution is -2.60. The molecule has 4 aromatic rings. The fraction of sp³-hybridized carbons (Fsp3) is 0.226. The van der Waals surface area contributed by atoms with Crippen molar-refractivity contribution in [3.8, 4) is 0 Å². The van der Waals surface area contributed by atoms with Crippen molar-refractivity contribution in [1.29, 1.82) is 0 Å². The topological polar surface area (TPSA) is 49.4 Å². The predicted octanol–water partition coefficient (Wildman–Crippen LogP) is 6.14. The molecule has 36 heavy (non-hydrogen) atoms. The number of carbonyl (C=O) groups excluding carboxylic acids is 2. The van der Waals surface area contributed by atoms with E-state index in [1.807, 2.05) is 37.4 Å². The first-order valence-corrected chi connectivity index (χ1v) is 13.5. The zero-order chi connectivity index (χ0) is 24.7. The summed E-state index contributed by atoms with van der Waals surface area (Å²) in [6, 6.07) is 28.8. The SMILES string of the molecule is CN1C[C@@H](c2cccc3ccccc23)[C@@]2(CCc3ccccc3C2=O)[C@@]12C(=O)Nc1ccc(I)cc12. The number of ketones is 1. The Morgan fingerprint density at radius 1 is 0.944 bits per heavy atom. The molecular weight excluding hydrogens is 559 g/mol. The third-order valence-corrected chi connectivity index (χ3v) is 9.54. The Kier molecular flexibility index (Phi) is 4.77. The number of rotatable bonds is 1. The van der Waals surface area contributed by atoms with Gasteiger partial charge in [0.2, 0.25) is 0 Å². The fourth-order valence-electron chi connectivity index (χ4n) is 7.48. The van der Waals surface area contributed by atoms with Gasteiger partial charge in [0.1, 0.15) is 5.54 Å². The lowest BCUT2D eigenvalue weighted by molar-refractivity contribution is -0.130. The van der Waals surface area contributed by atoms with Gasteiger partial charge in [-0.05, 0) is 82.6 Å². The lowest BCUT2D eigenvalue weighted by atomic mass is 9.53. The molecule has 178 valence electrons. The predicted molar refractivity (Wildman–Crippen MR) is 150 cm³/mol. The number of nitrogens with zero attached hydrogens (tertiary/aromatic N) is 1. The van der Waals surface area contributed by atoms with Crippen LogP contribution in [-0.2, 0) is 16.8 Å². The number of Topliss-reactive ketones (excluding diaryl/α,β-unsaturated/α-hetero) is 1. The van der Waals surface area contributed by atoms with Crippen LogP contribution in [0.5, 0.6) is 0 Å². The van der Waals surface area contributed by atoms with Crippen LogP contribution in [-0.4, -0.2) is 30.2 Å². The smallest absolute Gasteiger partial charge is 0.250 e. The number of halogens is 1. The number of likely N-dealkylation sites (N-methyl/N-ethyl adjacent to an activating group) is 1. The summed E-state index contributed by atoms with van der Waals surface area (Å²) in [4.78, 5) is 31.3. The fourth-order valence-corrected chi connectivity index (χ4v) is 7.97. The zero-order valence-corrected chi connectivity index (χ0v) is 22.1. The molecule has 0 aromatic heterocycles. The van der Waals surface area contributed by atoms with Crippen molar-refractivity contribution in [3.63, 3.8) is 0 Å². The summed E-state index contributed by atoms with van der Waals surface area (Å²) in [5, 5.41) is 5.49. The Labute approximate surface area is 223 Å². The number of hydrogen-bond donors (Lipinski definition) is 1. The molecule has 0 radical (unpaired) electrons. The molecule has 5 heteroatoms. The third-order valence-electron chi connectivity index (χ3n) is 8.87. The normalized spacial score (nSPS) is 27.0. The molecule has 1 fully saturated rings. The van der Waals surface area contributed by atoms with E-state index in [2.05, 4.69) is 87.4 Å². The third kappa shape index (κ3) is 2.62. The van der Waals surface area contributed by atoms with Crippen molar-refractivity contribution in [1.82, 2.24) is 4.90 Å². The molecule has 1 saturated heterocycles. The summed E-state index contributed by atoms with van der Waals surface area (Å²) < 4.78 is 1.06. The van der Waals surface area contributed by atoms with Crippen molar-refractivity contribution in [2.24, 2.45) is 5.41 Å². The summed E-state index contributed by atoms with van der Waals surface area (Å²) in [5.74, 6) is -0.130. The van der Waals surface area contributed by atoms with Gasteiger partial charge in [0.25, 0.3) is 5.91 Å². The molecule has 3 aliphatic rings. The van der Waals surface area contributed by atoms with Crippen LogP contribution >= 0.6 is 22.6 Å². The van der Waals surface area contributed by atoms with Gasteiger partial charge in [-0.2, -0.15) is 0 Å². The minimum atomic E-state index is -1.07.